The van der Waals surface area contributed by atoms with Gasteiger partial charge in [-0.25, -0.2) is 9.59 Å². The third-order valence-corrected chi connectivity index (χ3v) is 8.56. The van der Waals surface area contributed by atoms with Crippen LogP contribution in [0.5, 0.6) is 0 Å². The van der Waals surface area contributed by atoms with Gasteiger partial charge < -0.3 is 9.84 Å². The van der Waals surface area contributed by atoms with E-state index in [0.29, 0.717) is 51.7 Å². The lowest BCUT2D eigenvalue weighted by Gasteiger charge is -2.23. The number of hydrogen-bond donors (Lipinski definition) is 1. The number of carbonyl (C=O) groups is 2. The number of carbonyl (C=O) groups excluding carboxylic acids is 1. The molecule has 0 bridgehead atoms. The van der Waals surface area contributed by atoms with Gasteiger partial charge in [0.25, 0.3) is 0 Å². The van der Waals surface area contributed by atoms with Gasteiger partial charge in [0.2, 0.25) is 0 Å². The van der Waals surface area contributed by atoms with Crippen molar-refractivity contribution in [3.8, 4) is 22.3 Å². The van der Waals surface area contributed by atoms with Gasteiger partial charge in [0, 0.05) is 21.8 Å². The minimum Gasteiger partial charge on any atom is -0.478 e. The molecule has 6 nitrogen and oxygen atoms in total. The van der Waals surface area contributed by atoms with Gasteiger partial charge in [-0.05, 0) is 91.1 Å². The molecule has 2 atom stereocenters. The zero-order valence-electron chi connectivity index (χ0n) is 25.8. The number of rotatable bonds is 8. The van der Waals surface area contributed by atoms with Gasteiger partial charge in [-0.2, -0.15) is 26.3 Å². The number of pyridine rings is 1. The fourth-order valence-electron chi connectivity index (χ4n) is 5.79. The van der Waals surface area contributed by atoms with E-state index in [9.17, 15) is 41.0 Å². The number of alkyl halides is 6. The van der Waals surface area contributed by atoms with Crippen LogP contribution in [0.25, 0.3) is 22.3 Å². The molecule has 0 radical (unpaired) electrons. The molecule has 252 valence electrons. The van der Waals surface area contributed by atoms with Crippen LogP contribution in [0.1, 0.15) is 70.4 Å². The predicted molar refractivity (Wildman–Crippen MR) is 166 cm³/mol. The molecule has 0 unspecified atom stereocenters. The molecule has 1 aromatic heterocycles. The Bertz CT molecular complexity index is 1860. The molecular weight excluding hydrogens is 662 g/mol. The second kappa shape index (κ2) is 13.1. The second-order valence-corrected chi connectivity index (χ2v) is 12.0. The number of aromatic carboxylic acids is 1. The van der Waals surface area contributed by atoms with Gasteiger partial charge in [0.05, 0.1) is 35.0 Å². The first-order valence-electron chi connectivity index (χ1n) is 14.9. The minimum absolute atomic E-state index is 0.0258. The van der Waals surface area contributed by atoms with E-state index in [2.05, 4.69) is 0 Å². The van der Waals surface area contributed by atoms with Crippen molar-refractivity contribution >= 4 is 23.7 Å². The van der Waals surface area contributed by atoms with E-state index in [1.807, 2.05) is 13.0 Å². The first-order valence-corrected chi connectivity index (χ1v) is 15.3. The monoisotopic (exact) mass is 690 g/mol. The zero-order chi connectivity index (χ0) is 35.1. The molecule has 48 heavy (non-hydrogen) atoms. The van der Waals surface area contributed by atoms with Crippen molar-refractivity contribution in [1.82, 2.24) is 9.88 Å². The largest absolute Gasteiger partial charge is 0.478 e. The minimum atomic E-state index is -5.06. The molecule has 0 aliphatic carbocycles. The van der Waals surface area contributed by atoms with Crippen LogP contribution in [0.3, 0.4) is 0 Å². The standard InChI is InChI=1S/C35H29ClF6N2O4/c1-4-5-25-8-10-27(28-15-20(7-11-29(28)36)26-9-6-21(32(45)46)12-18(26)2)30(43-25)17-44-19(3)31(48-33(44)47)22-13-23(34(37,38)39)16-24(14-22)35(40,41)42/h6-16,19,31H,4-5,17H2,1-3H3,(H,45,46)/t19-,31-/m0/s1. The number of ether oxygens (including phenoxy) is 1. The molecule has 0 saturated carbocycles. The Hall–Kier alpha value is -4.58. The van der Waals surface area contributed by atoms with Crippen LogP contribution < -0.4 is 0 Å². The van der Waals surface area contributed by atoms with Crippen LogP contribution in [-0.2, 0) is 30.1 Å². The third-order valence-electron chi connectivity index (χ3n) is 8.23. The molecule has 1 aliphatic heterocycles. The number of amides is 1. The maximum atomic E-state index is 13.6. The van der Waals surface area contributed by atoms with E-state index in [4.69, 9.17) is 21.3 Å². The van der Waals surface area contributed by atoms with E-state index >= 15 is 0 Å². The van der Waals surface area contributed by atoms with Gasteiger partial charge in [-0.3, -0.25) is 9.88 Å². The first kappa shape index (κ1) is 34.7. The van der Waals surface area contributed by atoms with Crippen LogP contribution in [0.15, 0.2) is 66.7 Å². The van der Waals surface area contributed by atoms with Gasteiger partial charge in [-0.1, -0.05) is 43.1 Å². The van der Waals surface area contributed by atoms with Crippen LogP contribution in [0, 0.1) is 6.92 Å². The van der Waals surface area contributed by atoms with Gasteiger partial charge in [-0.15, -0.1) is 0 Å². The van der Waals surface area contributed by atoms with Crippen LogP contribution in [-0.4, -0.2) is 33.1 Å². The normalized spacial score (nSPS) is 16.7. The van der Waals surface area contributed by atoms with E-state index in [1.54, 1.807) is 43.3 Å². The summed E-state index contributed by atoms with van der Waals surface area (Å²) in [6.07, 6.45) is -11.1. The van der Waals surface area contributed by atoms with Gasteiger partial charge in [0.15, 0.2) is 0 Å². The van der Waals surface area contributed by atoms with E-state index in [-0.39, 0.29) is 18.2 Å². The maximum absolute atomic E-state index is 13.6. The number of aromatic nitrogens is 1. The summed E-state index contributed by atoms with van der Waals surface area (Å²) in [5, 5.41) is 9.71. The number of hydrogen-bond acceptors (Lipinski definition) is 4. The van der Waals surface area contributed by atoms with Crippen molar-refractivity contribution in [3.63, 3.8) is 0 Å². The van der Waals surface area contributed by atoms with Crippen molar-refractivity contribution < 1.29 is 45.8 Å². The highest BCUT2D eigenvalue weighted by Gasteiger charge is 2.43. The summed E-state index contributed by atoms with van der Waals surface area (Å²) >= 11 is 6.68. The number of halogens is 7. The van der Waals surface area contributed by atoms with Gasteiger partial charge in [0.1, 0.15) is 6.10 Å². The maximum Gasteiger partial charge on any atom is 0.416 e. The van der Waals surface area contributed by atoms with Crippen LogP contribution in [0.4, 0.5) is 31.1 Å². The molecular formula is C35H29ClF6N2O4. The lowest BCUT2D eigenvalue weighted by molar-refractivity contribution is -0.143. The highest BCUT2D eigenvalue weighted by molar-refractivity contribution is 6.33. The Morgan fingerprint density at radius 2 is 1.56 bits per heavy atom. The Balaban J connectivity index is 1.54. The van der Waals surface area contributed by atoms with E-state index in [0.717, 1.165) is 17.5 Å². The molecule has 1 fully saturated rings. The quantitative estimate of drug-likeness (QED) is 0.186. The first-order chi connectivity index (χ1) is 22.5. The van der Waals surface area contributed by atoms with Crippen molar-refractivity contribution in [2.45, 2.75) is 64.7 Å². The number of benzene rings is 3. The Kier molecular flexibility index (Phi) is 9.51. The zero-order valence-corrected chi connectivity index (χ0v) is 26.6. The van der Waals surface area contributed by atoms with Crippen molar-refractivity contribution in [3.05, 3.63) is 111 Å². The molecule has 1 saturated heterocycles. The SMILES string of the molecule is CCCc1ccc(-c2cc(-c3ccc(C(=O)O)cc3C)ccc2Cl)c(CN2C(=O)O[C@H](c3cc(C(F)(F)F)cc(C(F)(F)F)c3)[C@@H]2C)n1. The number of carboxylic acids is 1. The molecule has 1 N–H and O–H groups in total. The second-order valence-electron chi connectivity index (χ2n) is 11.6. The smallest absolute Gasteiger partial charge is 0.416 e. The molecule has 0 spiro atoms. The summed E-state index contributed by atoms with van der Waals surface area (Å²) in [6.45, 7) is 5.04. The van der Waals surface area contributed by atoms with Crippen molar-refractivity contribution in [2.75, 3.05) is 0 Å². The number of cyclic esters (lactones) is 1. The van der Waals surface area contributed by atoms with E-state index in [1.165, 1.54) is 17.9 Å². The van der Waals surface area contributed by atoms with E-state index < -0.39 is 53.3 Å². The summed E-state index contributed by atoms with van der Waals surface area (Å²) in [7, 11) is 0. The molecule has 2 heterocycles. The number of carboxylic acid groups (broad SMARTS) is 1. The molecule has 13 heteroatoms. The average Bonchev–Trinajstić information content (AvgIpc) is 3.29. The summed E-state index contributed by atoms with van der Waals surface area (Å²) in [5.41, 5.74) is 1.06. The van der Waals surface area contributed by atoms with Gasteiger partial charge >= 0.3 is 24.4 Å². The fraction of sp³-hybridized carbons (Fsp3) is 0.286. The summed E-state index contributed by atoms with van der Waals surface area (Å²) in [4.78, 5) is 30.6. The Morgan fingerprint density at radius 3 is 2.15 bits per heavy atom. The van der Waals surface area contributed by atoms with Crippen molar-refractivity contribution in [2.24, 2.45) is 0 Å². The lowest BCUT2D eigenvalue weighted by Crippen LogP contribution is -2.32. The molecule has 1 aliphatic rings. The predicted octanol–water partition coefficient (Wildman–Crippen LogP) is 10.1. The third kappa shape index (κ3) is 7.13. The summed E-state index contributed by atoms with van der Waals surface area (Å²) in [5.74, 6) is -1.06. The summed E-state index contributed by atoms with van der Waals surface area (Å²) in [6, 6.07) is 13.8. The topological polar surface area (TPSA) is 79.7 Å². The Morgan fingerprint density at radius 1 is 0.917 bits per heavy atom. The summed E-state index contributed by atoms with van der Waals surface area (Å²) < 4.78 is 86.9. The van der Waals surface area contributed by atoms with Crippen LogP contribution >= 0.6 is 11.6 Å². The number of aryl methyl sites for hydroxylation is 2. The fourth-order valence-corrected chi connectivity index (χ4v) is 6.01. The molecule has 1 amide bonds. The van der Waals surface area contributed by atoms with Crippen molar-refractivity contribution in [1.29, 1.82) is 0 Å². The molecule has 5 rings (SSSR count). The highest BCUT2D eigenvalue weighted by Crippen LogP contribution is 2.42. The number of nitrogens with zero attached hydrogens (tertiary/aromatic N) is 2. The Labute approximate surface area is 276 Å². The average molecular weight is 691 g/mol. The highest BCUT2D eigenvalue weighted by atomic mass is 35.5. The molecule has 3 aromatic carbocycles. The molecule has 4 aromatic rings. The van der Waals surface area contributed by atoms with Crippen LogP contribution in [0.2, 0.25) is 5.02 Å². The lowest BCUT2D eigenvalue weighted by atomic mass is 9.94.